The van der Waals surface area contributed by atoms with Crippen LogP contribution in [0.2, 0.25) is 0 Å². The van der Waals surface area contributed by atoms with Gasteiger partial charge in [-0.15, -0.1) is 0 Å². The van der Waals surface area contributed by atoms with Gasteiger partial charge in [0.15, 0.2) is 6.10 Å². The minimum atomic E-state index is -1.61. The van der Waals surface area contributed by atoms with Crippen LogP contribution in [0.3, 0.4) is 0 Å². The predicted molar refractivity (Wildman–Crippen MR) is 158 cm³/mol. The Labute approximate surface area is 247 Å². The second-order valence-corrected chi connectivity index (χ2v) is 11.4. The van der Waals surface area contributed by atoms with Gasteiger partial charge in [0.05, 0.1) is 17.8 Å². The van der Waals surface area contributed by atoms with E-state index in [0.717, 1.165) is 37.7 Å². The topological polar surface area (TPSA) is 116 Å². The lowest BCUT2D eigenvalue weighted by atomic mass is 9.81. The smallest absolute Gasteiger partial charge is 0.337 e. The third-order valence-corrected chi connectivity index (χ3v) is 7.82. The molecule has 1 aliphatic carbocycles. The van der Waals surface area contributed by atoms with Crippen molar-refractivity contribution in [2.75, 3.05) is 6.54 Å². The van der Waals surface area contributed by atoms with E-state index in [2.05, 4.69) is 5.32 Å². The molecule has 224 valence electrons. The zero-order valence-electron chi connectivity index (χ0n) is 24.6. The highest BCUT2D eigenvalue weighted by molar-refractivity contribution is 5.99. The van der Waals surface area contributed by atoms with E-state index in [4.69, 9.17) is 4.74 Å². The number of hydrogen-bond acceptors (Lipinski definition) is 6. The van der Waals surface area contributed by atoms with Crippen LogP contribution in [-0.2, 0) is 30.3 Å². The van der Waals surface area contributed by atoms with Crippen LogP contribution in [0.15, 0.2) is 66.9 Å². The van der Waals surface area contributed by atoms with Gasteiger partial charge in [-0.05, 0) is 50.2 Å². The largest absolute Gasteiger partial charge is 0.461 e. The summed E-state index contributed by atoms with van der Waals surface area (Å²) in [5.74, 6) is -1.92. The average Bonchev–Trinajstić information content (AvgIpc) is 2.98. The zero-order valence-corrected chi connectivity index (χ0v) is 24.6. The second-order valence-electron chi connectivity index (χ2n) is 11.4. The number of aliphatic hydroxyl groups is 1. The van der Waals surface area contributed by atoms with Crippen molar-refractivity contribution in [2.45, 2.75) is 83.6 Å². The number of rotatable bonds is 10. The lowest BCUT2D eigenvalue weighted by Gasteiger charge is -2.43. The molecule has 2 N–H and O–H groups in total. The highest BCUT2D eigenvalue weighted by Gasteiger charge is 2.43. The summed E-state index contributed by atoms with van der Waals surface area (Å²) in [7, 11) is 0. The Bertz CT molecular complexity index is 1270. The van der Waals surface area contributed by atoms with E-state index >= 15 is 0 Å². The molecule has 4 rings (SSSR count). The van der Waals surface area contributed by atoms with Gasteiger partial charge < -0.3 is 20.1 Å². The Morgan fingerprint density at radius 3 is 2.19 bits per heavy atom. The molecule has 0 bridgehead atoms. The minimum absolute atomic E-state index is 0.00672. The second kappa shape index (κ2) is 14.3. The van der Waals surface area contributed by atoms with E-state index in [1.807, 2.05) is 60.7 Å². The van der Waals surface area contributed by atoms with Crippen LogP contribution in [0.4, 0.5) is 0 Å². The van der Waals surface area contributed by atoms with E-state index in [-0.39, 0.29) is 30.7 Å². The number of aliphatic hydroxyl groups excluding tert-OH is 1. The van der Waals surface area contributed by atoms with Crippen LogP contribution in [-0.4, -0.2) is 69.4 Å². The molecule has 3 atom stereocenters. The first-order valence-corrected chi connectivity index (χ1v) is 14.7. The van der Waals surface area contributed by atoms with Gasteiger partial charge >= 0.3 is 5.97 Å². The molecule has 9 heteroatoms. The highest BCUT2D eigenvalue weighted by Crippen LogP contribution is 2.35. The number of ether oxygens (including phenoxy) is 1. The summed E-state index contributed by atoms with van der Waals surface area (Å²) in [6, 6.07) is 16.7. The summed E-state index contributed by atoms with van der Waals surface area (Å²) < 4.78 is 5.22. The third kappa shape index (κ3) is 7.64. The predicted octanol–water partition coefficient (Wildman–Crippen LogP) is 3.66. The van der Waals surface area contributed by atoms with Crippen molar-refractivity contribution >= 4 is 29.4 Å². The van der Waals surface area contributed by atoms with Crippen LogP contribution in [0.5, 0.6) is 0 Å². The number of hydrogen-bond donors (Lipinski definition) is 2. The lowest BCUT2D eigenvalue weighted by molar-refractivity contribution is -0.159. The highest BCUT2D eigenvalue weighted by atomic mass is 16.6. The molecule has 0 radical (unpaired) electrons. The molecular formula is C33H41N3O6. The Kier molecular flexibility index (Phi) is 10.5. The molecule has 1 heterocycles. The van der Waals surface area contributed by atoms with E-state index in [1.54, 1.807) is 20.0 Å². The first-order valence-electron chi connectivity index (χ1n) is 14.7. The summed E-state index contributed by atoms with van der Waals surface area (Å²) in [4.78, 5) is 56.2. The number of nitrogens with one attached hydrogen (secondary N) is 1. The number of carbonyl (C=O) groups is 4. The van der Waals surface area contributed by atoms with E-state index < -0.39 is 36.2 Å². The molecular weight excluding hydrogens is 534 g/mol. The molecule has 0 aromatic heterocycles. The van der Waals surface area contributed by atoms with Gasteiger partial charge in [-0.1, -0.05) is 79.9 Å². The third-order valence-electron chi connectivity index (χ3n) is 7.82. The first-order chi connectivity index (χ1) is 20.2. The molecule has 9 nitrogen and oxygen atoms in total. The number of nitrogens with zero attached hydrogens (tertiary/aromatic N) is 2. The van der Waals surface area contributed by atoms with E-state index in [1.165, 1.54) is 16.7 Å². The summed E-state index contributed by atoms with van der Waals surface area (Å²) >= 11 is 0. The molecule has 0 spiro atoms. The molecule has 0 saturated heterocycles. The van der Waals surface area contributed by atoms with Crippen molar-refractivity contribution in [1.29, 1.82) is 0 Å². The summed E-state index contributed by atoms with van der Waals surface area (Å²) in [5.41, 5.74) is 1.94. The molecule has 2 aromatic rings. The fraction of sp³-hybridized carbons (Fsp3) is 0.455. The maximum atomic E-state index is 14.2. The lowest BCUT2D eigenvalue weighted by Crippen LogP contribution is -2.58. The Balaban J connectivity index is 1.63. The van der Waals surface area contributed by atoms with Crippen LogP contribution < -0.4 is 5.32 Å². The number of esters is 1. The standard InChI is InChI=1S/C33H41N3O6/c1-22(2)42-33(41)31(39)27(19-24-13-7-4-8-14-24)34-29(38)21-36-28(25-15-9-5-10-16-25)20-35(23(3)37)30(32(36)40)26-17-11-6-12-18-26/h4-5,7-10,13-16,20,22,26-27,30-31,39H,6,11-12,17-19,21H2,1-3H3,(H,34,38)/t27-,30?,31?/m0/s1. The van der Waals surface area contributed by atoms with E-state index in [9.17, 15) is 24.3 Å². The Hall–Kier alpha value is -3.98. The molecule has 2 aromatic carbocycles. The molecule has 1 fully saturated rings. The van der Waals surface area contributed by atoms with Gasteiger partial charge in [-0.2, -0.15) is 0 Å². The van der Waals surface area contributed by atoms with Gasteiger partial charge in [0.1, 0.15) is 12.6 Å². The Morgan fingerprint density at radius 1 is 0.976 bits per heavy atom. The monoisotopic (exact) mass is 575 g/mol. The fourth-order valence-corrected chi connectivity index (χ4v) is 5.82. The number of amides is 3. The van der Waals surface area contributed by atoms with Crippen molar-refractivity contribution in [3.8, 4) is 0 Å². The van der Waals surface area contributed by atoms with Crippen LogP contribution in [0.25, 0.3) is 5.70 Å². The van der Waals surface area contributed by atoms with Crippen molar-refractivity contribution < 1.29 is 29.0 Å². The van der Waals surface area contributed by atoms with Crippen molar-refractivity contribution in [1.82, 2.24) is 15.1 Å². The van der Waals surface area contributed by atoms with Crippen LogP contribution in [0.1, 0.15) is 64.0 Å². The maximum absolute atomic E-state index is 14.2. The van der Waals surface area contributed by atoms with Gasteiger partial charge in [-0.25, -0.2) is 4.79 Å². The number of carbonyl (C=O) groups excluding carboxylic acids is 4. The molecule has 2 unspecified atom stereocenters. The Morgan fingerprint density at radius 2 is 1.60 bits per heavy atom. The van der Waals surface area contributed by atoms with Crippen LogP contribution in [0, 0.1) is 5.92 Å². The fourth-order valence-electron chi connectivity index (χ4n) is 5.82. The van der Waals surface area contributed by atoms with E-state index in [0.29, 0.717) is 11.3 Å². The van der Waals surface area contributed by atoms with Crippen molar-refractivity contribution in [3.63, 3.8) is 0 Å². The van der Waals surface area contributed by atoms with Crippen LogP contribution >= 0.6 is 0 Å². The molecule has 1 saturated carbocycles. The minimum Gasteiger partial charge on any atom is -0.461 e. The van der Waals surface area contributed by atoms with Crippen molar-refractivity contribution in [3.05, 3.63) is 78.0 Å². The normalized spacial score (nSPS) is 19.2. The van der Waals surface area contributed by atoms with Gasteiger partial charge in [0.25, 0.3) is 5.91 Å². The molecule has 2 aliphatic rings. The van der Waals surface area contributed by atoms with Gasteiger partial charge in [0.2, 0.25) is 11.8 Å². The zero-order chi connectivity index (χ0) is 30.2. The quantitative estimate of drug-likeness (QED) is 0.418. The molecule has 42 heavy (non-hydrogen) atoms. The van der Waals surface area contributed by atoms with Gasteiger partial charge in [-0.3, -0.25) is 19.3 Å². The summed E-state index contributed by atoms with van der Waals surface area (Å²) in [6.45, 7) is 4.48. The molecule has 1 aliphatic heterocycles. The first kappa shape index (κ1) is 31.0. The summed E-state index contributed by atoms with van der Waals surface area (Å²) in [6.07, 6.45) is 4.55. The number of benzene rings is 2. The summed E-state index contributed by atoms with van der Waals surface area (Å²) in [5, 5.41) is 13.7. The van der Waals surface area contributed by atoms with Crippen molar-refractivity contribution in [2.24, 2.45) is 5.92 Å². The van der Waals surface area contributed by atoms with Gasteiger partial charge in [0, 0.05) is 13.1 Å². The SMILES string of the molecule is CC(=O)N1C=C(c2ccccc2)N(CC(=O)N[C@@H](Cc2ccccc2)C(O)C(=O)OC(C)C)C(=O)C1C1CCCCC1. The maximum Gasteiger partial charge on any atom is 0.337 e. The molecule has 3 amide bonds. The average molecular weight is 576 g/mol.